The Bertz CT molecular complexity index is 122. The Balaban J connectivity index is 0. The molecule has 0 amide bonds. The van der Waals surface area contributed by atoms with E-state index in [1.54, 1.807) is 0 Å². The minimum absolute atomic E-state index is 0. The van der Waals surface area contributed by atoms with Gasteiger partial charge < -0.3 is 9.90 Å². The van der Waals surface area contributed by atoms with E-state index in [0.717, 1.165) is 0 Å². The van der Waals surface area contributed by atoms with E-state index < -0.39 is 12.4 Å². The Hall–Kier alpha value is -0.341. The predicted molar refractivity (Wildman–Crippen MR) is 29.5 cm³/mol. The first-order valence-corrected chi connectivity index (χ1v) is 2.88. The number of carboxylic acid groups (broad SMARTS) is 1. The molecule has 0 saturated heterocycles. The van der Waals surface area contributed by atoms with Crippen molar-refractivity contribution in [3.63, 3.8) is 0 Å². The first kappa shape index (κ1) is 12.3. The average molecular weight is 193 g/mol. The maximum Gasteiger partial charge on any atom is 1.00 e. The molecule has 0 bridgehead atoms. The summed E-state index contributed by atoms with van der Waals surface area (Å²) in [5, 5.41) is 9.75. The molecule has 0 aliphatic carbocycles. The fourth-order valence-electron chi connectivity index (χ4n) is 0.528. The molecule has 0 rings (SSSR count). The molecule has 10 heavy (non-hydrogen) atoms. The van der Waals surface area contributed by atoms with E-state index in [4.69, 9.17) is 0 Å². The van der Waals surface area contributed by atoms with E-state index in [-0.39, 0.29) is 22.9 Å². The molecule has 0 N–H and O–H groups in total. The number of carboxylic acids is 1. The largest absolute Gasteiger partial charge is 1.00 e. The van der Waals surface area contributed by atoms with Gasteiger partial charge in [-0.2, -0.15) is 0 Å². The zero-order valence-electron chi connectivity index (χ0n) is 5.65. The van der Waals surface area contributed by atoms with Crippen LogP contribution in [0, 0.1) is 0 Å². The van der Waals surface area contributed by atoms with E-state index in [9.17, 15) is 14.7 Å². The summed E-state index contributed by atoms with van der Waals surface area (Å²) in [4.78, 5) is 20.2. The second kappa shape index (κ2) is 6.77. The number of ketones is 1. The van der Waals surface area contributed by atoms with Crippen molar-refractivity contribution in [3.8, 4) is 0 Å². The van der Waals surface area contributed by atoms with E-state index in [1.807, 2.05) is 6.92 Å². The molecular formula is C6H9CuO3. The van der Waals surface area contributed by atoms with Crippen molar-refractivity contribution in [1.29, 1.82) is 0 Å². The second-order valence-electron chi connectivity index (χ2n) is 1.84. The van der Waals surface area contributed by atoms with Crippen LogP contribution in [0.3, 0.4) is 0 Å². The molecule has 0 aromatic rings. The van der Waals surface area contributed by atoms with Crippen molar-refractivity contribution < 1.29 is 31.8 Å². The maximum atomic E-state index is 10.4. The predicted octanol–water partition coefficient (Wildman–Crippen LogP) is -0.507. The van der Waals surface area contributed by atoms with Gasteiger partial charge in [0.05, 0.1) is 0 Å². The van der Waals surface area contributed by atoms with Gasteiger partial charge in [-0.25, -0.2) is 0 Å². The van der Waals surface area contributed by atoms with Crippen LogP contribution < -0.4 is 5.11 Å². The first-order chi connectivity index (χ1) is 4.16. The van der Waals surface area contributed by atoms with Crippen molar-refractivity contribution in [2.45, 2.75) is 26.2 Å². The van der Waals surface area contributed by atoms with Crippen LogP contribution in [0.2, 0.25) is 0 Å². The quantitative estimate of drug-likeness (QED) is 0.446. The minimum Gasteiger partial charge on any atom is -0.550 e. The monoisotopic (exact) mass is 192 g/mol. The van der Waals surface area contributed by atoms with Gasteiger partial charge >= 0.3 is 17.1 Å². The van der Waals surface area contributed by atoms with Gasteiger partial charge in [0.2, 0.25) is 0 Å². The van der Waals surface area contributed by atoms with Crippen LogP contribution in [0.15, 0.2) is 0 Å². The van der Waals surface area contributed by atoms with Gasteiger partial charge in [0.15, 0.2) is 0 Å². The van der Waals surface area contributed by atoms with Crippen LogP contribution in [-0.2, 0) is 26.7 Å². The van der Waals surface area contributed by atoms with Crippen LogP contribution >= 0.6 is 0 Å². The average Bonchev–Trinajstić information content (AvgIpc) is 1.63. The normalized spacial score (nSPS) is 8.10. The summed E-state index contributed by atoms with van der Waals surface area (Å²) in [7, 11) is 0. The number of carbonyl (C=O) groups is 2. The molecule has 62 valence electrons. The summed E-state index contributed by atoms with van der Waals surface area (Å²) in [6, 6.07) is 0. The van der Waals surface area contributed by atoms with Crippen molar-refractivity contribution in [2.24, 2.45) is 0 Å². The third-order valence-electron chi connectivity index (χ3n) is 0.870. The summed E-state index contributed by atoms with van der Waals surface area (Å²) < 4.78 is 0. The minimum atomic E-state index is -1.28. The zero-order valence-corrected chi connectivity index (χ0v) is 6.59. The number of hydrogen-bond donors (Lipinski definition) is 0. The molecule has 0 unspecified atom stereocenters. The maximum absolute atomic E-state index is 10.4. The molecule has 4 heteroatoms. The van der Waals surface area contributed by atoms with E-state index in [0.29, 0.717) is 12.8 Å². The molecule has 0 fully saturated rings. The third-order valence-corrected chi connectivity index (χ3v) is 0.870. The Morgan fingerprint density at radius 1 is 1.40 bits per heavy atom. The fourth-order valence-corrected chi connectivity index (χ4v) is 0.528. The summed E-state index contributed by atoms with van der Waals surface area (Å²) in [6.45, 7) is 1.83. The molecule has 3 nitrogen and oxygen atoms in total. The molecule has 0 aromatic carbocycles. The second-order valence-corrected chi connectivity index (χ2v) is 1.84. The van der Waals surface area contributed by atoms with E-state index in [1.165, 1.54) is 0 Å². The number of aliphatic carboxylic acids is 1. The van der Waals surface area contributed by atoms with Gasteiger partial charge in [0.1, 0.15) is 5.78 Å². The molecule has 0 spiro atoms. The van der Waals surface area contributed by atoms with Crippen molar-refractivity contribution >= 4 is 11.8 Å². The topological polar surface area (TPSA) is 57.2 Å². The third kappa shape index (κ3) is 7.66. The molecule has 0 heterocycles. The van der Waals surface area contributed by atoms with Gasteiger partial charge in [-0.05, 0) is 6.42 Å². The summed E-state index contributed by atoms with van der Waals surface area (Å²) in [5.74, 6) is -1.54. The van der Waals surface area contributed by atoms with Crippen LogP contribution in [0.4, 0.5) is 0 Å². The van der Waals surface area contributed by atoms with Crippen LogP contribution in [-0.4, -0.2) is 11.8 Å². The number of rotatable bonds is 4. The molecule has 0 radical (unpaired) electrons. The molecule has 0 aliphatic rings. The Morgan fingerprint density at radius 3 is 2.20 bits per heavy atom. The van der Waals surface area contributed by atoms with Crippen molar-refractivity contribution in [3.05, 3.63) is 0 Å². The molecule has 0 aromatic heterocycles. The zero-order chi connectivity index (χ0) is 7.28. The number of carbonyl (C=O) groups excluding carboxylic acids is 2. The van der Waals surface area contributed by atoms with Gasteiger partial charge in [-0.15, -0.1) is 0 Å². The first-order valence-electron chi connectivity index (χ1n) is 2.88. The number of hydrogen-bond acceptors (Lipinski definition) is 3. The van der Waals surface area contributed by atoms with Gasteiger partial charge in [0.25, 0.3) is 0 Å². The van der Waals surface area contributed by atoms with Crippen LogP contribution in [0.25, 0.3) is 0 Å². The fraction of sp³-hybridized carbons (Fsp3) is 0.667. The molecule has 0 atom stereocenters. The molecular weight excluding hydrogens is 184 g/mol. The molecule has 0 aliphatic heterocycles. The summed E-state index contributed by atoms with van der Waals surface area (Å²) in [5.41, 5.74) is 0. The van der Waals surface area contributed by atoms with Gasteiger partial charge in [0, 0.05) is 18.8 Å². The van der Waals surface area contributed by atoms with E-state index >= 15 is 0 Å². The Morgan fingerprint density at radius 2 is 1.90 bits per heavy atom. The SMILES string of the molecule is CCCC(=O)CC(=O)[O-].[Cu+]. The van der Waals surface area contributed by atoms with Gasteiger partial charge in [-0.1, -0.05) is 6.92 Å². The Kier molecular flexibility index (Phi) is 8.36. The van der Waals surface area contributed by atoms with Crippen LogP contribution in [0.1, 0.15) is 26.2 Å². The molecule has 0 saturated carbocycles. The Labute approximate surface area is 70.3 Å². The van der Waals surface area contributed by atoms with Gasteiger partial charge in [-0.3, -0.25) is 4.79 Å². The van der Waals surface area contributed by atoms with Crippen LogP contribution in [0.5, 0.6) is 0 Å². The van der Waals surface area contributed by atoms with E-state index in [2.05, 4.69) is 0 Å². The van der Waals surface area contributed by atoms with Crippen molar-refractivity contribution in [1.82, 2.24) is 0 Å². The van der Waals surface area contributed by atoms with Crippen molar-refractivity contribution in [2.75, 3.05) is 0 Å². The smallest absolute Gasteiger partial charge is 0.550 e. The summed E-state index contributed by atoms with van der Waals surface area (Å²) >= 11 is 0. The standard InChI is InChI=1S/C6H10O3.Cu/c1-2-3-5(7)4-6(8)9;/h2-4H2,1H3,(H,8,9);/q;+1/p-1. The summed E-state index contributed by atoms with van der Waals surface area (Å²) in [6.07, 6.45) is 0.605. The number of Topliss-reactive ketones (excluding diaryl/α,β-unsaturated/α-hetero) is 1.